The Bertz CT molecular complexity index is 257. The van der Waals surface area contributed by atoms with E-state index in [-0.39, 0.29) is 5.82 Å². The Morgan fingerprint density at radius 2 is 2.00 bits per heavy atom. The zero-order valence-corrected chi connectivity index (χ0v) is 7.96. The normalized spacial score (nSPS) is 11.6. The minimum absolute atomic E-state index is 0.355. The molecule has 0 nitrogen and oxygen atoms in total. The molecule has 0 spiro atoms. The summed E-state index contributed by atoms with van der Waals surface area (Å²) in [5.41, 5.74) is 0.484. The lowest BCUT2D eigenvalue weighted by atomic mass is 10.2. The van der Waals surface area contributed by atoms with E-state index in [0.717, 1.165) is 0 Å². The highest BCUT2D eigenvalue weighted by Gasteiger charge is 2.19. The maximum Gasteiger partial charge on any atom is 0.124 e. The second-order valence-electron chi connectivity index (χ2n) is 2.08. The molecule has 0 fully saturated rings. The van der Waals surface area contributed by atoms with Crippen LogP contribution < -0.4 is 0 Å². The van der Waals surface area contributed by atoms with Gasteiger partial charge in [0, 0.05) is 0 Å². The van der Waals surface area contributed by atoms with Gasteiger partial charge >= 0.3 is 0 Å². The van der Waals surface area contributed by atoms with Gasteiger partial charge in [-0.3, -0.25) is 0 Å². The van der Waals surface area contributed by atoms with E-state index >= 15 is 0 Å². The summed E-state index contributed by atoms with van der Waals surface area (Å²) in [4.78, 5) is 0. The minimum Gasteiger partial charge on any atom is -0.207 e. The molecule has 1 aromatic rings. The summed E-state index contributed by atoms with van der Waals surface area (Å²) in [6.07, 6.45) is 0. The SMILES string of the molecule is Fc1cccc(C([Si])(Cl)Cl)c1. The van der Waals surface area contributed by atoms with Crippen LogP contribution in [0.1, 0.15) is 5.56 Å². The molecule has 0 aliphatic carbocycles. The summed E-state index contributed by atoms with van der Waals surface area (Å²) in [5.74, 6) is -0.355. The third-order valence-electron chi connectivity index (χ3n) is 1.19. The Hall–Kier alpha value is -0.0531. The quantitative estimate of drug-likeness (QED) is 0.489. The fourth-order valence-corrected chi connectivity index (χ4v) is 1.07. The lowest BCUT2D eigenvalue weighted by molar-refractivity contribution is 0.626. The van der Waals surface area contributed by atoms with Crippen LogP contribution in [0, 0.1) is 5.82 Å². The molecule has 4 heteroatoms. The number of benzene rings is 1. The van der Waals surface area contributed by atoms with Gasteiger partial charge in [-0.15, -0.1) is 23.2 Å². The van der Waals surface area contributed by atoms with E-state index in [2.05, 4.69) is 10.2 Å². The van der Waals surface area contributed by atoms with Crippen molar-refractivity contribution in [2.75, 3.05) is 0 Å². The van der Waals surface area contributed by atoms with E-state index in [1.807, 2.05) is 0 Å². The van der Waals surface area contributed by atoms with Crippen LogP contribution in [0.15, 0.2) is 24.3 Å². The van der Waals surface area contributed by atoms with Gasteiger partial charge in [-0.2, -0.15) is 0 Å². The van der Waals surface area contributed by atoms with Gasteiger partial charge in [0.05, 0.1) is 10.2 Å². The smallest absolute Gasteiger partial charge is 0.124 e. The number of hydrogen-bond acceptors (Lipinski definition) is 0. The molecule has 0 N–H and O–H groups in total. The first-order valence-corrected chi connectivity index (χ1v) is 4.14. The summed E-state index contributed by atoms with van der Waals surface area (Å²) in [5, 5.41) is 0. The fourth-order valence-electron chi connectivity index (χ4n) is 0.684. The highest BCUT2D eigenvalue weighted by atomic mass is 35.5. The van der Waals surface area contributed by atoms with Crippen molar-refractivity contribution in [3.8, 4) is 0 Å². The van der Waals surface area contributed by atoms with Crippen LogP contribution in [0.4, 0.5) is 4.39 Å². The monoisotopic (exact) mass is 205 g/mol. The van der Waals surface area contributed by atoms with Crippen LogP contribution in [0.5, 0.6) is 0 Å². The molecule has 0 saturated carbocycles. The first-order chi connectivity index (χ1) is 5.00. The van der Waals surface area contributed by atoms with Crippen molar-refractivity contribution in [1.82, 2.24) is 0 Å². The molecule has 0 unspecified atom stereocenters. The molecule has 11 heavy (non-hydrogen) atoms. The Kier molecular flexibility index (Phi) is 2.57. The molecule has 57 valence electrons. The molecular weight excluding hydrogens is 202 g/mol. The van der Waals surface area contributed by atoms with Crippen LogP contribution in [-0.4, -0.2) is 10.2 Å². The number of halogens is 3. The van der Waals surface area contributed by atoms with E-state index in [1.54, 1.807) is 12.1 Å². The second-order valence-corrected chi connectivity index (χ2v) is 4.80. The van der Waals surface area contributed by atoms with Gasteiger partial charge in [0.1, 0.15) is 9.77 Å². The Balaban J connectivity index is 3.06. The van der Waals surface area contributed by atoms with Gasteiger partial charge in [0.2, 0.25) is 0 Å². The van der Waals surface area contributed by atoms with Crippen LogP contribution in [0.2, 0.25) is 0 Å². The lowest BCUT2D eigenvalue weighted by Crippen LogP contribution is -2.09. The molecule has 0 saturated heterocycles. The molecule has 0 aliphatic rings. The average Bonchev–Trinajstić information content (AvgIpc) is 1.86. The summed E-state index contributed by atoms with van der Waals surface area (Å²) in [6.45, 7) is 0. The predicted octanol–water partition coefficient (Wildman–Crippen LogP) is 2.58. The Morgan fingerprint density at radius 3 is 2.36 bits per heavy atom. The van der Waals surface area contributed by atoms with E-state index in [0.29, 0.717) is 5.56 Å². The number of alkyl halides is 2. The van der Waals surface area contributed by atoms with Gasteiger partial charge in [0.15, 0.2) is 0 Å². The van der Waals surface area contributed by atoms with Gasteiger partial charge in [-0.05, 0) is 17.7 Å². The van der Waals surface area contributed by atoms with E-state index < -0.39 is 3.96 Å². The zero-order valence-electron chi connectivity index (χ0n) is 5.44. The maximum absolute atomic E-state index is 12.6. The van der Waals surface area contributed by atoms with Crippen molar-refractivity contribution >= 4 is 33.4 Å². The van der Waals surface area contributed by atoms with Crippen LogP contribution >= 0.6 is 23.2 Å². The third-order valence-corrected chi connectivity index (χ3v) is 1.91. The molecule has 0 aliphatic heterocycles. The molecule has 0 atom stereocenters. The molecule has 3 radical (unpaired) electrons. The summed E-state index contributed by atoms with van der Waals surface area (Å²) >= 11 is 11.3. The summed E-state index contributed by atoms with van der Waals surface area (Å²) in [7, 11) is 3.04. The first-order valence-electron chi connectivity index (χ1n) is 2.89. The van der Waals surface area contributed by atoms with Crippen molar-refractivity contribution in [3.63, 3.8) is 0 Å². The fraction of sp³-hybridized carbons (Fsp3) is 0.143. The van der Waals surface area contributed by atoms with E-state index in [4.69, 9.17) is 23.2 Å². The third kappa shape index (κ3) is 2.47. The second kappa shape index (κ2) is 3.13. The van der Waals surface area contributed by atoms with Crippen molar-refractivity contribution in [2.45, 2.75) is 3.96 Å². The topological polar surface area (TPSA) is 0 Å². The minimum atomic E-state index is -1.21. The first kappa shape index (κ1) is 9.04. The van der Waals surface area contributed by atoms with Gasteiger partial charge in [-0.25, -0.2) is 4.39 Å². The van der Waals surface area contributed by atoms with Crippen LogP contribution in [0.3, 0.4) is 0 Å². The van der Waals surface area contributed by atoms with Crippen LogP contribution in [-0.2, 0) is 3.96 Å². The highest BCUT2D eigenvalue weighted by molar-refractivity contribution is 6.64. The standard InChI is InChI=1S/C7H4Cl2FSi/c8-7(9,11)5-2-1-3-6(10)4-5/h1-4H. The Labute approximate surface area is 77.7 Å². The molecular formula is C7H4Cl2FSi. The van der Waals surface area contributed by atoms with Gasteiger partial charge in [-0.1, -0.05) is 12.1 Å². The number of rotatable bonds is 1. The summed E-state index contributed by atoms with van der Waals surface area (Å²) < 4.78 is 11.4. The molecule has 0 aromatic heterocycles. The predicted molar refractivity (Wildman–Crippen MR) is 45.5 cm³/mol. The molecule has 1 aromatic carbocycles. The Morgan fingerprint density at radius 1 is 1.36 bits per heavy atom. The number of hydrogen-bond donors (Lipinski definition) is 0. The van der Waals surface area contributed by atoms with Gasteiger partial charge in [0.25, 0.3) is 0 Å². The van der Waals surface area contributed by atoms with E-state index in [9.17, 15) is 4.39 Å². The summed E-state index contributed by atoms with van der Waals surface area (Å²) in [6, 6.07) is 5.78. The van der Waals surface area contributed by atoms with Crippen molar-refractivity contribution in [3.05, 3.63) is 35.6 Å². The molecule has 0 bridgehead atoms. The molecule has 1 rings (SSSR count). The van der Waals surface area contributed by atoms with E-state index in [1.165, 1.54) is 12.1 Å². The van der Waals surface area contributed by atoms with Crippen molar-refractivity contribution < 1.29 is 4.39 Å². The maximum atomic E-state index is 12.6. The molecule has 0 amide bonds. The van der Waals surface area contributed by atoms with Crippen LogP contribution in [0.25, 0.3) is 0 Å². The largest absolute Gasteiger partial charge is 0.207 e. The van der Waals surface area contributed by atoms with Crippen molar-refractivity contribution in [2.24, 2.45) is 0 Å². The van der Waals surface area contributed by atoms with Crippen molar-refractivity contribution in [1.29, 1.82) is 0 Å². The average molecular weight is 206 g/mol. The lowest BCUT2D eigenvalue weighted by Gasteiger charge is -2.12. The molecule has 0 heterocycles. The highest BCUT2D eigenvalue weighted by Crippen LogP contribution is 2.29. The zero-order chi connectivity index (χ0) is 8.48. The van der Waals surface area contributed by atoms with Gasteiger partial charge < -0.3 is 0 Å².